The van der Waals surface area contributed by atoms with Crippen LogP contribution in [0.1, 0.15) is 113 Å². The molecule has 2 nitrogen and oxygen atoms in total. The fourth-order valence-electron chi connectivity index (χ4n) is 9.93. The molecule has 0 aromatic rings. The maximum atomic E-state index is 10.4. The maximum Gasteiger partial charge on any atom is 0.0545 e. The molecule has 4 fully saturated rings. The number of aliphatic hydroxyl groups excluding tert-OH is 1. The summed E-state index contributed by atoms with van der Waals surface area (Å²) in [5.41, 5.74) is 1.81. The normalized spacial score (nSPS) is 51.9. The lowest BCUT2D eigenvalue weighted by atomic mass is 9.36. The number of nitrogens with one attached hydrogen (secondary N) is 1. The van der Waals surface area contributed by atoms with Crippen LogP contribution in [0.3, 0.4) is 0 Å². The van der Waals surface area contributed by atoms with Crippen molar-refractivity contribution in [1.29, 1.82) is 0 Å². The van der Waals surface area contributed by atoms with Crippen LogP contribution in [0.2, 0.25) is 0 Å². The topological polar surface area (TPSA) is 32.3 Å². The third-order valence-electron chi connectivity index (χ3n) is 11.8. The zero-order valence-electron chi connectivity index (χ0n) is 21.2. The molecular weight excluding hydrogens is 366 g/mol. The summed E-state index contributed by atoms with van der Waals surface area (Å²) in [5, 5.41) is 14.4. The van der Waals surface area contributed by atoms with Crippen molar-refractivity contribution in [2.75, 3.05) is 6.54 Å². The second-order valence-corrected chi connectivity index (χ2v) is 13.6. The van der Waals surface area contributed by atoms with Crippen LogP contribution < -0.4 is 5.32 Å². The average molecular weight is 418 g/mol. The summed E-state index contributed by atoms with van der Waals surface area (Å²) in [4.78, 5) is 0. The molecule has 0 bridgehead atoms. The summed E-state index contributed by atoms with van der Waals surface area (Å²) in [6.45, 7) is 18.9. The predicted octanol–water partition coefficient (Wildman–Crippen LogP) is 6.81. The zero-order chi connectivity index (χ0) is 21.9. The fourth-order valence-corrected chi connectivity index (χ4v) is 9.93. The number of fused-ring (bicyclic) bond motifs is 5. The van der Waals surface area contributed by atoms with Gasteiger partial charge in [0, 0.05) is 6.04 Å². The van der Waals surface area contributed by atoms with E-state index >= 15 is 0 Å². The summed E-state index contributed by atoms with van der Waals surface area (Å²) in [7, 11) is 0. The molecule has 0 saturated heterocycles. The minimum Gasteiger partial charge on any atom is -0.393 e. The van der Waals surface area contributed by atoms with E-state index in [1.54, 1.807) is 0 Å². The number of aliphatic hydroxyl groups is 1. The van der Waals surface area contributed by atoms with Crippen molar-refractivity contribution >= 4 is 0 Å². The van der Waals surface area contributed by atoms with Gasteiger partial charge in [-0.15, -0.1) is 0 Å². The Morgan fingerprint density at radius 1 is 0.833 bits per heavy atom. The molecule has 4 rings (SSSR count). The van der Waals surface area contributed by atoms with Crippen molar-refractivity contribution in [3.05, 3.63) is 0 Å². The molecular formula is C28H51NO. The fraction of sp³-hybridized carbons (Fsp3) is 1.00. The Morgan fingerprint density at radius 3 is 2.27 bits per heavy atom. The van der Waals surface area contributed by atoms with E-state index in [1.807, 2.05) is 0 Å². The van der Waals surface area contributed by atoms with Gasteiger partial charge in [0.05, 0.1) is 6.10 Å². The molecule has 2 heteroatoms. The lowest BCUT2D eigenvalue weighted by Gasteiger charge is -2.68. The first-order valence-electron chi connectivity index (χ1n) is 13.4. The van der Waals surface area contributed by atoms with Gasteiger partial charge in [0.2, 0.25) is 0 Å². The van der Waals surface area contributed by atoms with Crippen molar-refractivity contribution in [2.24, 2.45) is 45.3 Å². The van der Waals surface area contributed by atoms with Crippen molar-refractivity contribution in [1.82, 2.24) is 5.32 Å². The Bertz CT molecular complexity index is 632. The first-order valence-corrected chi connectivity index (χ1v) is 13.4. The first-order chi connectivity index (χ1) is 14.0. The molecule has 174 valence electrons. The van der Waals surface area contributed by atoms with Gasteiger partial charge in [0.15, 0.2) is 0 Å². The van der Waals surface area contributed by atoms with Gasteiger partial charge < -0.3 is 10.4 Å². The summed E-state index contributed by atoms with van der Waals surface area (Å²) < 4.78 is 0. The second kappa shape index (κ2) is 7.75. The van der Waals surface area contributed by atoms with Gasteiger partial charge in [-0.3, -0.25) is 0 Å². The number of hydrogen-bond acceptors (Lipinski definition) is 2. The smallest absolute Gasteiger partial charge is 0.0545 e. The van der Waals surface area contributed by atoms with E-state index in [4.69, 9.17) is 0 Å². The quantitative estimate of drug-likeness (QED) is 0.515. The lowest BCUT2D eigenvalue weighted by molar-refractivity contribution is -0.200. The largest absolute Gasteiger partial charge is 0.393 e. The first kappa shape index (κ1) is 23.1. The van der Waals surface area contributed by atoms with E-state index in [-0.39, 0.29) is 6.10 Å². The van der Waals surface area contributed by atoms with E-state index < -0.39 is 0 Å². The van der Waals surface area contributed by atoms with E-state index in [2.05, 4.69) is 53.8 Å². The molecule has 30 heavy (non-hydrogen) atoms. The van der Waals surface area contributed by atoms with Crippen molar-refractivity contribution in [3.63, 3.8) is 0 Å². The minimum absolute atomic E-state index is 0.0514. The van der Waals surface area contributed by atoms with Gasteiger partial charge in [0.1, 0.15) is 0 Å². The van der Waals surface area contributed by atoms with Crippen molar-refractivity contribution in [2.45, 2.75) is 125 Å². The minimum atomic E-state index is -0.0514. The molecule has 4 aliphatic rings. The van der Waals surface area contributed by atoms with Crippen molar-refractivity contribution in [3.8, 4) is 0 Å². The molecule has 0 aliphatic heterocycles. The van der Waals surface area contributed by atoms with Crippen LogP contribution in [0.5, 0.6) is 0 Å². The van der Waals surface area contributed by atoms with Gasteiger partial charge in [0.25, 0.3) is 0 Å². The standard InChI is InChI=1S/C28H51NO/c1-19(2)12-17-29-20(3)22-10-14-28(7)24-11-13-25(4)18-21(30)8-9-23(25)26(24,5)15-16-27(22,28)6/h19-24,29-30H,8-18H2,1-7H3/t20?,21-,22?,23?,24-,25+,26+,27+,28-/m0/s1. The highest BCUT2D eigenvalue weighted by Gasteiger charge is 2.68. The zero-order valence-corrected chi connectivity index (χ0v) is 21.2. The molecule has 4 aliphatic carbocycles. The van der Waals surface area contributed by atoms with Crippen LogP contribution in [-0.2, 0) is 0 Å². The molecule has 3 unspecified atom stereocenters. The third kappa shape index (κ3) is 3.33. The molecule has 9 atom stereocenters. The Balaban J connectivity index is 1.56. The number of rotatable bonds is 5. The van der Waals surface area contributed by atoms with Crippen LogP contribution in [-0.4, -0.2) is 23.8 Å². The van der Waals surface area contributed by atoms with Gasteiger partial charge in [-0.2, -0.15) is 0 Å². The monoisotopic (exact) mass is 417 g/mol. The summed E-state index contributed by atoms with van der Waals surface area (Å²) in [5.74, 6) is 3.29. The average Bonchev–Trinajstić information content (AvgIpc) is 2.92. The van der Waals surface area contributed by atoms with Crippen molar-refractivity contribution < 1.29 is 5.11 Å². The molecule has 2 N–H and O–H groups in total. The molecule has 0 amide bonds. The molecule has 4 saturated carbocycles. The maximum absolute atomic E-state index is 10.4. The molecule has 0 aromatic carbocycles. The molecule has 0 spiro atoms. The predicted molar refractivity (Wildman–Crippen MR) is 127 cm³/mol. The Labute approximate surface area is 187 Å². The van der Waals surface area contributed by atoms with Crippen LogP contribution in [0, 0.1) is 45.3 Å². The van der Waals surface area contributed by atoms with Gasteiger partial charge in [-0.05, 0) is 123 Å². The van der Waals surface area contributed by atoms with Crippen LogP contribution >= 0.6 is 0 Å². The van der Waals surface area contributed by atoms with E-state index in [0.29, 0.717) is 27.7 Å². The Morgan fingerprint density at radius 2 is 1.57 bits per heavy atom. The van der Waals surface area contributed by atoms with E-state index in [9.17, 15) is 5.11 Å². The van der Waals surface area contributed by atoms with E-state index in [0.717, 1.165) is 36.5 Å². The number of hydrogen-bond donors (Lipinski definition) is 2. The third-order valence-corrected chi connectivity index (χ3v) is 11.8. The Hall–Kier alpha value is -0.0800. The summed E-state index contributed by atoms with van der Waals surface area (Å²) in [6.07, 6.45) is 13.0. The van der Waals surface area contributed by atoms with E-state index in [1.165, 1.54) is 57.9 Å². The van der Waals surface area contributed by atoms with Crippen LogP contribution in [0.4, 0.5) is 0 Å². The Kier molecular flexibility index (Phi) is 5.97. The highest BCUT2D eigenvalue weighted by atomic mass is 16.3. The van der Waals surface area contributed by atoms with Crippen LogP contribution in [0.25, 0.3) is 0 Å². The van der Waals surface area contributed by atoms with Gasteiger partial charge in [-0.1, -0.05) is 41.5 Å². The summed E-state index contributed by atoms with van der Waals surface area (Å²) in [6, 6.07) is 0.638. The van der Waals surface area contributed by atoms with Gasteiger partial charge >= 0.3 is 0 Å². The highest BCUT2D eigenvalue weighted by molar-refractivity contribution is 5.18. The lowest BCUT2D eigenvalue weighted by Crippen LogP contribution is -2.62. The molecule has 0 heterocycles. The van der Waals surface area contributed by atoms with Gasteiger partial charge in [-0.25, -0.2) is 0 Å². The summed E-state index contributed by atoms with van der Waals surface area (Å²) >= 11 is 0. The SMILES string of the molecule is CC(C)CCNC(C)C1CC[C@@]2(C)[C@H]3CC[C@]4(C)C[C@@H](O)CCC4[C@@]3(C)CC[C@]12C. The highest BCUT2D eigenvalue weighted by Crippen LogP contribution is 2.75. The second-order valence-electron chi connectivity index (χ2n) is 13.6. The van der Waals surface area contributed by atoms with Crippen LogP contribution in [0.15, 0.2) is 0 Å². The molecule has 0 radical (unpaired) electrons. The molecule has 0 aromatic heterocycles.